The average Bonchev–Trinajstić information content (AvgIpc) is 3.28. The monoisotopic (exact) mass is 401 g/mol. The zero-order valence-corrected chi connectivity index (χ0v) is 16.4. The van der Waals surface area contributed by atoms with Gasteiger partial charge in [0.15, 0.2) is 0 Å². The maximum atomic E-state index is 12.4. The number of nitrogens with one attached hydrogen (secondary N) is 2. The number of hydrazine groups is 1. The summed E-state index contributed by atoms with van der Waals surface area (Å²) in [4.78, 5) is 16.9. The van der Waals surface area contributed by atoms with E-state index in [4.69, 9.17) is 4.74 Å². The molecule has 0 saturated heterocycles. The number of aromatic nitrogens is 1. The van der Waals surface area contributed by atoms with Gasteiger partial charge in [0.2, 0.25) is 0 Å². The Bertz CT molecular complexity index is 1080. The highest BCUT2D eigenvalue weighted by Gasteiger charge is 2.14. The van der Waals surface area contributed by atoms with Crippen LogP contribution >= 0.6 is 11.3 Å². The highest BCUT2D eigenvalue weighted by atomic mass is 32.1. The van der Waals surface area contributed by atoms with Crippen molar-refractivity contribution in [3.63, 3.8) is 0 Å². The van der Waals surface area contributed by atoms with Crippen LogP contribution in [0, 0.1) is 0 Å². The zero-order valence-electron chi connectivity index (χ0n) is 15.5. The summed E-state index contributed by atoms with van der Waals surface area (Å²) >= 11 is 1.41. The predicted octanol–water partition coefficient (Wildman–Crippen LogP) is 5.15. The van der Waals surface area contributed by atoms with Gasteiger partial charge in [-0.15, -0.1) is 11.3 Å². The van der Waals surface area contributed by atoms with Gasteiger partial charge in [-0.25, -0.2) is 4.98 Å². The molecule has 0 fully saturated rings. The molecule has 0 aliphatic carbocycles. The molecule has 0 saturated carbocycles. The molecule has 4 rings (SSSR count). The second kappa shape index (κ2) is 9.03. The van der Waals surface area contributed by atoms with E-state index in [1.54, 1.807) is 5.38 Å². The summed E-state index contributed by atoms with van der Waals surface area (Å²) in [5, 5.41) is 2.48. The number of benzene rings is 3. The first-order valence-corrected chi connectivity index (χ1v) is 10.0. The fourth-order valence-electron chi connectivity index (χ4n) is 2.72. The summed E-state index contributed by atoms with van der Waals surface area (Å²) in [6.07, 6.45) is 0. The normalized spacial score (nSPS) is 10.3. The Morgan fingerprint density at radius 1 is 0.897 bits per heavy atom. The minimum atomic E-state index is -0.293. The Balaban J connectivity index is 1.45. The predicted molar refractivity (Wildman–Crippen MR) is 116 cm³/mol. The molecule has 1 aromatic heterocycles. The maximum Gasteiger partial charge on any atom is 0.289 e. The molecule has 3 aromatic carbocycles. The molecule has 5 nitrogen and oxygen atoms in total. The Kier molecular flexibility index (Phi) is 5.83. The number of hydrogen-bond donors (Lipinski definition) is 2. The molecule has 0 bridgehead atoms. The molecule has 0 radical (unpaired) electrons. The lowest BCUT2D eigenvalue weighted by atomic mass is 10.2. The molecule has 2 N–H and O–H groups in total. The molecule has 29 heavy (non-hydrogen) atoms. The van der Waals surface area contributed by atoms with Gasteiger partial charge in [0.1, 0.15) is 23.1 Å². The van der Waals surface area contributed by atoms with E-state index in [2.05, 4.69) is 15.8 Å². The Hall–Kier alpha value is -3.64. The van der Waals surface area contributed by atoms with Crippen LogP contribution in [0.5, 0.6) is 5.75 Å². The van der Waals surface area contributed by atoms with Crippen molar-refractivity contribution in [3.05, 3.63) is 102 Å². The smallest absolute Gasteiger partial charge is 0.289 e. The quantitative estimate of drug-likeness (QED) is 0.421. The largest absolute Gasteiger partial charge is 0.488 e. The minimum Gasteiger partial charge on any atom is -0.488 e. The first kappa shape index (κ1) is 18.7. The van der Waals surface area contributed by atoms with Crippen LogP contribution in [0.15, 0.2) is 90.3 Å². The molecule has 0 unspecified atom stereocenters. The second-order valence-corrected chi connectivity index (χ2v) is 7.11. The number of carbonyl (C=O) groups excluding carboxylic acids is 1. The average molecular weight is 401 g/mol. The van der Waals surface area contributed by atoms with Gasteiger partial charge in [-0.1, -0.05) is 60.7 Å². The topological polar surface area (TPSA) is 63.2 Å². The number of carbonyl (C=O) groups is 1. The molecular weight excluding hydrogens is 382 g/mol. The lowest BCUT2D eigenvalue weighted by Gasteiger charge is -2.10. The zero-order chi connectivity index (χ0) is 19.9. The lowest BCUT2D eigenvalue weighted by Crippen LogP contribution is -2.29. The van der Waals surface area contributed by atoms with E-state index in [-0.39, 0.29) is 5.91 Å². The van der Waals surface area contributed by atoms with Gasteiger partial charge in [-0.05, 0) is 29.8 Å². The van der Waals surface area contributed by atoms with Crippen molar-refractivity contribution >= 4 is 22.9 Å². The highest BCUT2D eigenvalue weighted by Crippen LogP contribution is 2.32. The van der Waals surface area contributed by atoms with Crippen LogP contribution in [0.4, 0.5) is 5.69 Å². The van der Waals surface area contributed by atoms with Gasteiger partial charge in [0.05, 0.1) is 11.3 Å². The second-order valence-electron chi connectivity index (χ2n) is 6.25. The summed E-state index contributed by atoms with van der Waals surface area (Å²) in [7, 11) is 0. The standard InChI is InChI=1S/C23H19N3O2S/c27-22(26-25-18-11-5-2-6-12-18)20-16-29-23(24-20)19-13-7-8-14-21(19)28-15-17-9-3-1-4-10-17/h1-14,16,25H,15H2,(H,26,27). The third-order valence-corrected chi connectivity index (χ3v) is 5.06. The molecule has 0 atom stereocenters. The van der Waals surface area contributed by atoms with Gasteiger partial charge in [-0.2, -0.15) is 0 Å². The summed E-state index contributed by atoms with van der Waals surface area (Å²) in [6.45, 7) is 0.470. The van der Waals surface area contributed by atoms with E-state index in [0.29, 0.717) is 12.3 Å². The van der Waals surface area contributed by atoms with Crippen LogP contribution in [-0.2, 0) is 6.61 Å². The van der Waals surface area contributed by atoms with Crippen LogP contribution in [0.3, 0.4) is 0 Å². The maximum absolute atomic E-state index is 12.4. The van der Waals surface area contributed by atoms with Crippen molar-refractivity contribution in [1.29, 1.82) is 0 Å². The van der Waals surface area contributed by atoms with Gasteiger partial charge >= 0.3 is 0 Å². The number of thiazole rings is 1. The van der Waals surface area contributed by atoms with Gasteiger partial charge in [0.25, 0.3) is 5.91 Å². The van der Waals surface area contributed by atoms with Crippen LogP contribution in [-0.4, -0.2) is 10.9 Å². The number of amides is 1. The molecular formula is C23H19N3O2S. The molecule has 4 aromatic rings. The van der Waals surface area contributed by atoms with Gasteiger partial charge in [-0.3, -0.25) is 15.6 Å². The van der Waals surface area contributed by atoms with E-state index in [1.807, 2.05) is 84.9 Å². The van der Waals surface area contributed by atoms with Crippen LogP contribution in [0.1, 0.15) is 16.1 Å². The number of nitrogens with zero attached hydrogens (tertiary/aromatic N) is 1. The van der Waals surface area contributed by atoms with Crippen LogP contribution in [0.2, 0.25) is 0 Å². The van der Waals surface area contributed by atoms with Gasteiger partial charge in [0, 0.05) is 5.38 Å². The Morgan fingerprint density at radius 2 is 1.59 bits per heavy atom. The third kappa shape index (κ3) is 4.80. The number of rotatable bonds is 7. The van der Waals surface area contributed by atoms with Crippen molar-refractivity contribution in [2.75, 3.05) is 5.43 Å². The number of para-hydroxylation sites is 2. The van der Waals surface area contributed by atoms with E-state index >= 15 is 0 Å². The first-order chi connectivity index (χ1) is 14.3. The van der Waals surface area contributed by atoms with E-state index in [1.165, 1.54) is 11.3 Å². The molecule has 1 heterocycles. The third-order valence-electron chi connectivity index (χ3n) is 4.19. The molecule has 6 heteroatoms. The summed E-state index contributed by atoms with van der Waals surface area (Å²) < 4.78 is 6.01. The van der Waals surface area contributed by atoms with E-state index in [0.717, 1.165) is 27.6 Å². The van der Waals surface area contributed by atoms with Crippen LogP contribution in [0.25, 0.3) is 10.6 Å². The van der Waals surface area contributed by atoms with Crippen molar-refractivity contribution in [2.45, 2.75) is 6.61 Å². The molecule has 0 spiro atoms. The fraction of sp³-hybridized carbons (Fsp3) is 0.0435. The Morgan fingerprint density at radius 3 is 2.38 bits per heavy atom. The van der Waals surface area contributed by atoms with E-state index in [9.17, 15) is 4.79 Å². The molecule has 1 amide bonds. The van der Waals surface area contributed by atoms with Crippen molar-refractivity contribution < 1.29 is 9.53 Å². The van der Waals surface area contributed by atoms with Crippen molar-refractivity contribution in [3.8, 4) is 16.3 Å². The molecule has 0 aliphatic rings. The molecule has 0 aliphatic heterocycles. The molecule has 144 valence electrons. The van der Waals surface area contributed by atoms with Crippen molar-refractivity contribution in [2.24, 2.45) is 0 Å². The SMILES string of the molecule is O=C(NNc1ccccc1)c1csc(-c2ccccc2OCc2ccccc2)n1. The first-order valence-electron chi connectivity index (χ1n) is 9.12. The number of anilines is 1. The van der Waals surface area contributed by atoms with Crippen LogP contribution < -0.4 is 15.6 Å². The summed E-state index contributed by atoms with van der Waals surface area (Å²) in [5.41, 5.74) is 8.66. The lowest BCUT2D eigenvalue weighted by molar-refractivity contribution is 0.0958. The minimum absolute atomic E-state index is 0.293. The van der Waals surface area contributed by atoms with Gasteiger partial charge < -0.3 is 4.74 Å². The number of hydrogen-bond acceptors (Lipinski definition) is 5. The summed E-state index contributed by atoms with van der Waals surface area (Å²) in [5.74, 6) is 0.444. The number of ether oxygens (including phenoxy) is 1. The van der Waals surface area contributed by atoms with E-state index < -0.39 is 0 Å². The fourth-order valence-corrected chi connectivity index (χ4v) is 3.55. The van der Waals surface area contributed by atoms with Crippen molar-refractivity contribution in [1.82, 2.24) is 10.4 Å². The Labute approximate surface area is 173 Å². The highest BCUT2D eigenvalue weighted by molar-refractivity contribution is 7.13. The summed E-state index contributed by atoms with van der Waals surface area (Å²) in [6, 6.07) is 27.1.